The lowest BCUT2D eigenvalue weighted by Gasteiger charge is -2.33. The van der Waals surface area contributed by atoms with Crippen molar-refractivity contribution in [2.75, 3.05) is 39.3 Å². The normalized spacial score (nSPS) is 19.4. The van der Waals surface area contributed by atoms with Gasteiger partial charge in [0.2, 0.25) is 0 Å². The molecular weight excluding hydrogens is 180 g/mol. The van der Waals surface area contributed by atoms with Gasteiger partial charge < -0.3 is 19.4 Å². The molecule has 0 atom stereocenters. The summed E-state index contributed by atoms with van der Waals surface area (Å²) in [5, 5.41) is 0. The van der Waals surface area contributed by atoms with Gasteiger partial charge in [0.15, 0.2) is 0 Å². The molecule has 0 radical (unpaired) electrons. The Morgan fingerprint density at radius 1 is 0.786 bits per heavy atom. The zero-order chi connectivity index (χ0) is 10.2. The monoisotopic (exact) mass is 198 g/mol. The van der Waals surface area contributed by atoms with Crippen molar-refractivity contribution in [2.45, 2.75) is 12.8 Å². The van der Waals surface area contributed by atoms with Crippen LogP contribution in [0.3, 0.4) is 0 Å². The van der Waals surface area contributed by atoms with Gasteiger partial charge in [0.1, 0.15) is 12.6 Å². The van der Waals surface area contributed by atoms with Crippen LogP contribution in [0.5, 0.6) is 0 Å². The maximum absolute atomic E-state index is 10.2. The predicted molar refractivity (Wildman–Crippen MR) is 54.2 cm³/mol. The Morgan fingerprint density at radius 2 is 1.14 bits per heavy atom. The minimum Gasteiger partial charge on any atom is -0.303 e. The lowest BCUT2D eigenvalue weighted by atomic mass is 10.3. The molecule has 80 valence electrons. The number of hydrogen-bond acceptors (Lipinski definition) is 4. The van der Waals surface area contributed by atoms with E-state index < -0.39 is 0 Å². The zero-order valence-corrected chi connectivity index (χ0v) is 8.52. The molecule has 0 saturated carbocycles. The number of piperazine rings is 1. The SMILES string of the molecule is O=CCCN1CCN(CCC=O)CC1. The number of carbonyl (C=O) groups excluding carboxylic acids is 2. The van der Waals surface area contributed by atoms with E-state index in [2.05, 4.69) is 9.80 Å². The van der Waals surface area contributed by atoms with Crippen molar-refractivity contribution < 1.29 is 9.59 Å². The third-order valence-corrected chi connectivity index (χ3v) is 2.59. The van der Waals surface area contributed by atoms with E-state index in [1.165, 1.54) is 0 Å². The van der Waals surface area contributed by atoms with Gasteiger partial charge in [-0.05, 0) is 0 Å². The Kier molecular flexibility index (Phi) is 5.40. The van der Waals surface area contributed by atoms with E-state index in [0.29, 0.717) is 12.8 Å². The summed E-state index contributed by atoms with van der Waals surface area (Å²) in [6.07, 6.45) is 3.21. The van der Waals surface area contributed by atoms with Crippen molar-refractivity contribution in [2.24, 2.45) is 0 Å². The van der Waals surface area contributed by atoms with Crippen molar-refractivity contribution >= 4 is 12.6 Å². The molecule has 1 saturated heterocycles. The summed E-state index contributed by atoms with van der Waals surface area (Å²) in [7, 11) is 0. The fraction of sp³-hybridized carbons (Fsp3) is 0.800. The van der Waals surface area contributed by atoms with Crippen LogP contribution in [0.25, 0.3) is 0 Å². The number of nitrogens with zero attached hydrogens (tertiary/aromatic N) is 2. The first-order valence-electron chi connectivity index (χ1n) is 5.19. The minimum atomic E-state index is 0.633. The number of hydrogen-bond donors (Lipinski definition) is 0. The van der Waals surface area contributed by atoms with Gasteiger partial charge in [0, 0.05) is 52.1 Å². The molecule has 4 heteroatoms. The molecule has 0 aromatic heterocycles. The highest BCUT2D eigenvalue weighted by Gasteiger charge is 2.15. The van der Waals surface area contributed by atoms with E-state index in [1.807, 2.05) is 0 Å². The summed E-state index contributed by atoms with van der Waals surface area (Å²) >= 11 is 0. The molecule has 1 heterocycles. The van der Waals surface area contributed by atoms with Gasteiger partial charge in [-0.2, -0.15) is 0 Å². The molecule has 1 rings (SSSR count). The fourth-order valence-electron chi connectivity index (χ4n) is 1.71. The van der Waals surface area contributed by atoms with E-state index in [9.17, 15) is 9.59 Å². The highest BCUT2D eigenvalue weighted by atomic mass is 16.1. The molecule has 0 aromatic rings. The lowest BCUT2D eigenvalue weighted by Crippen LogP contribution is -2.46. The maximum Gasteiger partial charge on any atom is 0.121 e. The summed E-state index contributed by atoms with van der Waals surface area (Å²) in [6.45, 7) is 5.84. The number of rotatable bonds is 6. The molecule has 0 aromatic carbocycles. The quantitative estimate of drug-likeness (QED) is 0.553. The Balaban J connectivity index is 2.10. The van der Waals surface area contributed by atoms with E-state index in [1.54, 1.807) is 0 Å². The molecule has 0 unspecified atom stereocenters. The molecule has 0 spiro atoms. The molecule has 1 fully saturated rings. The smallest absolute Gasteiger partial charge is 0.121 e. The van der Waals surface area contributed by atoms with E-state index in [4.69, 9.17) is 0 Å². The van der Waals surface area contributed by atoms with Crippen LogP contribution < -0.4 is 0 Å². The first kappa shape index (κ1) is 11.3. The average molecular weight is 198 g/mol. The van der Waals surface area contributed by atoms with Crippen LogP contribution in [0.15, 0.2) is 0 Å². The molecule has 1 aliphatic heterocycles. The summed E-state index contributed by atoms with van der Waals surface area (Å²) in [4.78, 5) is 24.9. The highest BCUT2D eigenvalue weighted by molar-refractivity contribution is 5.49. The van der Waals surface area contributed by atoms with Crippen molar-refractivity contribution in [3.63, 3.8) is 0 Å². The second kappa shape index (κ2) is 6.68. The lowest BCUT2D eigenvalue weighted by molar-refractivity contribution is -0.109. The van der Waals surface area contributed by atoms with Gasteiger partial charge >= 0.3 is 0 Å². The second-order valence-corrected chi connectivity index (χ2v) is 3.59. The maximum atomic E-state index is 10.2. The van der Waals surface area contributed by atoms with Crippen LogP contribution in [-0.4, -0.2) is 61.6 Å². The Bertz CT molecular complexity index is 157. The first-order valence-corrected chi connectivity index (χ1v) is 5.19. The van der Waals surface area contributed by atoms with Crippen LogP contribution >= 0.6 is 0 Å². The molecule has 4 nitrogen and oxygen atoms in total. The highest BCUT2D eigenvalue weighted by Crippen LogP contribution is 2.01. The van der Waals surface area contributed by atoms with Gasteiger partial charge in [-0.25, -0.2) is 0 Å². The van der Waals surface area contributed by atoms with Gasteiger partial charge in [-0.15, -0.1) is 0 Å². The van der Waals surface area contributed by atoms with Crippen LogP contribution in [0.2, 0.25) is 0 Å². The zero-order valence-electron chi connectivity index (χ0n) is 8.52. The van der Waals surface area contributed by atoms with Crippen LogP contribution in [0.4, 0.5) is 0 Å². The number of aldehydes is 2. The Hall–Kier alpha value is -0.740. The molecule has 0 amide bonds. The van der Waals surface area contributed by atoms with Crippen LogP contribution in [-0.2, 0) is 9.59 Å². The van der Waals surface area contributed by atoms with Crippen molar-refractivity contribution in [3.8, 4) is 0 Å². The van der Waals surface area contributed by atoms with E-state index >= 15 is 0 Å². The summed E-state index contributed by atoms with van der Waals surface area (Å²) in [5.74, 6) is 0. The third-order valence-electron chi connectivity index (χ3n) is 2.59. The fourth-order valence-corrected chi connectivity index (χ4v) is 1.71. The largest absolute Gasteiger partial charge is 0.303 e. The second-order valence-electron chi connectivity index (χ2n) is 3.59. The summed E-state index contributed by atoms with van der Waals surface area (Å²) in [5.41, 5.74) is 0. The molecule has 0 aliphatic carbocycles. The molecule has 0 bridgehead atoms. The number of carbonyl (C=O) groups is 2. The van der Waals surface area contributed by atoms with Gasteiger partial charge in [-0.1, -0.05) is 0 Å². The van der Waals surface area contributed by atoms with Crippen LogP contribution in [0, 0.1) is 0 Å². The average Bonchev–Trinajstić information content (AvgIpc) is 2.25. The van der Waals surface area contributed by atoms with Crippen LogP contribution in [0.1, 0.15) is 12.8 Å². The topological polar surface area (TPSA) is 40.6 Å². The summed E-state index contributed by atoms with van der Waals surface area (Å²) in [6, 6.07) is 0. The molecule has 1 aliphatic rings. The predicted octanol–water partition coefficient (Wildman–Crippen LogP) is -0.218. The minimum absolute atomic E-state index is 0.633. The first-order chi connectivity index (χ1) is 6.86. The molecule has 0 N–H and O–H groups in total. The van der Waals surface area contributed by atoms with Crippen molar-refractivity contribution in [1.29, 1.82) is 0 Å². The molecule has 14 heavy (non-hydrogen) atoms. The Labute approximate surface area is 84.9 Å². The van der Waals surface area contributed by atoms with E-state index in [-0.39, 0.29) is 0 Å². The summed E-state index contributed by atoms with van der Waals surface area (Å²) < 4.78 is 0. The van der Waals surface area contributed by atoms with Crippen molar-refractivity contribution in [3.05, 3.63) is 0 Å². The molecular formula is C10H18N2O2. The van der Waals surface area contributed by atoms with Gasteiger partial charge in [-0.3, -0.25) is 0 Å². The van der Waals surface area contributed by atoms with Gasteiger partial charge in [0.05, 0.1) is 0 Å². The van der Waals surface area contributed by atoms with Crippen molar-refractivity contribution in [1.82, 2.24) is 9.80 Å². The Morgan fingerprint density at radius 3 is 1.43 bits per heavy atom. The third kappa shape index (κ3) is 3.98. The van der Waals surface area contributed by atoms with Gasteiger partial charge in [0.25, 0.3) is 0 Å². The standard InChI is InChI=1S/C10H18N2O2/c13-9-1-3-11-5-7-12(8-6-11)4-2-10-14/h9-10H,1-8H2. The van der Waals surface area contributed by atoms with E-state index in [0.717, 1.165) is 51.8 Å².